The van der Waals surface area contributed by atoms with E-state index in [1.165, 1.54) is 38.5 Å². The zero-order chi connectivity index (χ0) is 12.9. The van der Waals surface area contributed by atoms with Gasteiger partial charge >= 0.3 is 0 Å². The molecule has 4 fully saturated rings. The molecule has 3 heteroatoms. The fraction of sp³-hybridized carbons (Fsp3) is 0.688. The van der Waals surface area contributed by atoms with Gasteiger partial charge in [0, 0.05) is 18.8 Å². The van der Waals surface area contributed by atoms with Crippen LogP contribution in [0.3, 0.4) is 0 Å². The zero-order valence-corrected chi connectivity index (χ0v) is 11.2. The van der Waals surface area contributed by atoms with Gasteiger partial charge in [-0.25, -0.2) is 4.98 Å². The molecule has 0 unspecified atom stereocenters. The van der Waals surface area contributed by atoms with Crippen molar-refractivity contribution >= 4 is 5.78 Å². The minimum atomic E-state index is 0.204. The van der Waals surface area contributed by atoms with E-state index in [2.05, 4.69) is 9.97 Å². The Labute approximate surface area is 113 Å². The average Bonchev–Trinajstić information content (AvgIpc) is 2.37. The largest absolute Gasteiger partial charge is 0.292 e. The van der Waals surface area contributed by atoms with Gasteiger partial charge in [0.05, 0.1) is 6.20 Å². The molecule has 0 radical (unpaired) electrons. The maximum absolute atomic E-state index is 12.4. The number of ketones is 1. The number of aromatic nitrogens is 2. The molecule has 0 spiro atoms. The highest BCUT2D eigenvalue weighted by atomic mass is 16.1. The zero-order valence-electron chi connectivity index (χ0n) is 11.2. The predicted octanol–water partition coefficient (Wildman–Crippen LogP) is 3.27. The first-order chi connectivity index (χ1) is 9.22. The van der Waals surface area contributed by atoms with E-state index in [-0.39, 0.29) is 5.78 Å². The first-order valence-corrected chi connectivity index (χ1v) is 7.52. The van der Waals surface area contributed by atoms with Crippen molar-refractivity contribution in [2.24, 2.45) is 23.2 Å². The van der Waals surface area contributed by atoms with Crippen LogP contribution in [0, 0.1) is 23.2 Å². The molecule has 3 nitrogen and oxygen atoms in total. The summed E-state index contributed by atoms with van der Waals surface area (Å²) in [5, 5.41) is 0. The molecular weight excluding hydrogens is 236 g/mol. The normalized spacial score (nSPS) is 39.5. The van der Waals surface area contributed by atoms with Crippen molar-refractivity contribution in [2.45, 2.75) is 44.9 Å². The smallest absolute Gasteiger partial charge is 0.183 e. The van der Waals surface area contributed by atoms with Crippen LogP contribution < -0.4 is 0 Å². The molecule has 1 heterocycles. The van der Waals surface area contributed by atoms with Crippen molar-refractivity contribution in [3.8, 4) is 0 Å². The molecule has 4 saturated carbocycles. The predicted molar refractivity (Wildman–Crippen MR) is 71.6 cm³/mol. The Morgan fingerprint density at radius 2 is 1.74 bits per heavy atom. The molecule has 0 aliphatic heterocycles. The van der Waals surface area contributed by atoms with Crippen LogP contribution in [0.2, 0.25) is 0 Å². The van der Waals surface area contributed by atoms with Crippen molar-refractivity contribution in [3.63, 3.8) is 0 Å². The molecule has 1 aromatic heterocycles. The van der Waals surface area contributed by atoms with Gasteiger partial charge in [0.25, 0.3) is 0 Å². The number of hydrogen-bond donors (Lipinski definition) is 0. The van der Waals surface area contributed by atoms with Crippen LogP contribution >= 0.6 is 0 Å². The highest BCUT2D eigenvalue weighted by Crippen LogP contribution is 2.61. The maximum Gasteiger partial charge on any atom is 0.183 e. The minimum absolute atomic E-state index is 0.204. The summed E-state index contributed by atoms with van der Waals surface area (Å²) in [5.41, 5.74) is 0.863. The number of rotatable bonds is 3. The summed E-state index contributed by atoms with van der Waals surface area (Å²) in [4.78, 5) is 20.6. The molecule has 5 rings (SSSR count). The van der Waals surface area contributed by atoms with E-state index in [1.807, 2.05) is 0 Å². The second-order valence-electron chi connectivity index (χ2n) is 7.11. The second kappa shape index (κ2) is 4.12. The van der Waals surface area contributed by atoms with Crippen molar-refractivity contribution in [1.29, 1.82) is 0 Å². The van der Waals surface area contributed by atoms with Gasteiger partial charge in [-0.3, -0.25) is 9.78 Å². The van der Waals surface area contributed by atoms with Gasteiger partial charge in [-0.05, 0) is 61.7 Å². The van der Waals surface area contributed by atoms with Gasteiger partial charge < -0.3 is 0 Å². The van der Waals surface area contributed by atoms with E-state index in [0.717, 1.165) is 17.8 Å². The SMILES string of the molecule is O=C(CC12CC3CC(CC(C3)C1)C2)c1cnccn1. The lowest BCUT2D eigenvalue weighted by atomic mass is 9.48. The number of nitrogens with zero attached hydrogens (tertiary/aromatic N) is 2. The van der Waals surface area contributed by atoms with Gasteiger partial charge in [0.2, 0.25) is 0 Å². The fourth-order valence-electron chi connectivity index (χ4n) is 5.38. The van der Waals surface area contributed by atoms with Gasteiger partial charge in [-0.1, -0.05) is 0 Å². The summed E-state index contributed by atoms with van der Waals surface area (Å²) >= 11 is 0. The number of hydrogen-bond acceptors (Lipinski definition) is 3. The topological polar surface area (TPSA) is 42.9 Å². The second-order valence-corrected chi connectivity index (χ2v) is 7.11. The van der Waals surface area contributed by atoms with E-state index < -0.39 is 0 Å². The van der Waals surface area contributed by atoms with Crippen LogP contribution in [-0.4, -0.2) is 15.8 Å². The summed E-state index contributed by atoms with van der Waals surface area (Å²) in [5.74, 6) is 2.91. The minimum Gasteiger partial charge on any atom is -0.292 e. The standard InChI is InChI=1S/C16H20N2O/c19-15(14-10-17-1-2-18-14)9-16-6-11-3-12(7-16)5-13(4-11)8-16/h1-2,10-13H,3-9H2. The van der Waals surface area contributed by atoms with Gasteiger partial charge in [-0.15, -0.1) is 0 Å². The van der Waals surface area contributed by atoms with Gasteiger partial charge in [0.1, 0.15) is 5.69 Å². The molecule has 4 aliphatic carbocycles. The van der Waals surface area contributed by atoms with Gasteiger partial charge in [-0.2, -0.15) is 0 Å². The lowest BCUT2D eigenvalue weighted by molar-refractivity contribution is -0.0524. The first-order valence-electron chi connectivity index (χ1n) is 7.52. The Kier molecular flexibility index (Phi) is 2.51. The Hall–Kier alpha value is -1.25. The average molecular weight is 256 g/mol. The quantitative estimate of drug-likeness (QED) is 0.779. The fourth-order valence-corrected chi connectivity index (χ4v) is 5.38. The molecule has 4 aliphatic rings. The molecule has 0 N–H and O–H groups in total. The monoisotopic (exact) mass is 256 g/mol. The van der Waals surface area contributed by atoms with Crippen molar-refractivity contribution in [1.82, 2.24) is 9.97 Å². The van der Waals surface area contributed by atoms with Gasteiger partial charge in [0.15, 0.2) is 5.78 Å². The van der Waals surface area contributed by atoms with E-state index in [0.29, 0.717) is 17.5 Å². The molecular formula is C16H20N2O. The molecule has 0 saturated heterocycles. The molecule has 100 valence electrons. The highest BCUT2D eigenvalue weighted by Gasteiger charge is 2.51. The summed E-state index contributed by atoms with van der Waals surface area (Å²) in [7, 11) is 0. The van der Waals surface area contributed by atoms with E-state index >= 15 is 0 Å². The molecule has 0 atom stereocenters. The van der Waals surface area contributed by atoms with E-state index in [9.17, 15) is 4.79 Å². The molecule has 0 aromatic carbocycles. The molecule has 4 bridgehead atoms. The van der Waals surface area contributed by atoms with Crippen LogP contribution in [0.15, 0.2) is 18.6 Å². The summed E-state index contributed by atoms with van der Waals surface area (Å²) in [6.07, 6.45) is 13.7. The Morgan fingerprint density at radius 1 is 1.11 bits per heavy atom. The Morgan fingerprint density at radius 3 is 2.26 bits per heavy atom. The molecule has 19 heavy (non-hydrogen) atoms. The van der Waals surface area contributed by atoms with Crippen molar-refractivity contribution < 1.29 is 4.79 Å². The first kappa shape index (κ1) is 11.6. The van der Waals surface area contributed by atoms with Crippen LogP contribution in [0.4, 0.5) is 0 Å². The summed E-state index contributed by atoms with van der Waals surface area (Å²) < 4.78 is 0. The van der Waals surface area contributed by atoms with Crippen LogP contribution in [0.1, 0.15) is 55.4 Å². The van der Waals surface area contributed by atoms with Crippen LogP contribution in [-0.2, 0) is 0 Å². The third-order valence-corrected chi connectivity index (χ3v) is 5.55. The third-order valence-electron chi connectivity index (χ3n) is 5.55. The van der Waals surface area contributed by atoms with E-state index in [1.54, 1.807) is 18.6 Å². The maximum atomic E-state index is 12.4. The Bertz CT molecular complexity index is 461. The van der Waals surface area contributed by atoms with E-state index in [4.69, 9.17) is 0 Å². The number of carbonyl (C=O) groups is 1. The third kappa shape index (κ3) is 1.99. The van der Waals surface area contributed by atoms with Crippen LogP contribution in [0.5, 0.6) is 0 Å². The summed E-state index contributed by atoms with van der Waals surface area (Å²) in [6.45, 7) is 0. The molecule has 0 amide bonds. The van der Waals surface area contributed by atoms with Crippen molar-refractivity contribution in [2.75, 3.05) is 0 Å². The lowest BCUT2D eigenvalue weighted by Crippen LogP contribution is -2.46. The van der Waals surface area contributed by atoms with Crippen molar-refractivity contribution in [3.05, 3.63) is 24.3 Å². The lowest BCUT2D eigenvalue weighted by Gasteiger charge is -2.56. The molecule has 1 aromatic rings. The highest BCUT2D eigenvalue weighted by molar-refractivity contribution is 5.94. The number of carbonyl (C=O) groups excluding carboxylic acids is 1. The summed E-state index contributed by atoms with van der Waals surface area (Å²) in [6, 6.07) is 0. The van der Waals surface area contributed by atoms with Crippen LogP contribution in [0.25, 0.3) is 0 Å². The number of Topliss-reactive ketones (excluding diaryl/α,β-unsaturated/α-hetero) is 1. The Balaban J connectivity index is 1.55.